The fourth-order valence-corrected chi connectivity index (χ4v) is 0.970. The smallest absolute Gasteiger partial charge is 0.398 e. The average Bonchev–Trinajstić information content (AvgIpc) is 2.05. The number of ether oxygens (including phenoxy) is 1. The summed E-state index contributed by atoms with van der Waals surface area (Å²) in [7, 11) is 0. The van der Waals surface area contributed by atoms with E-state index in [1.165, 1.54) is 0 Å². The first-order valence-corrected chi connectivity index (χ1v) is 4.13. The largest absolute Gasteiger partial charge is 0.573 e. The van der Waals surface area contributed by atoms with Gasteiger partial charge in [0.1, 0.15) is 0 Å². The summed E-state index contributed by atoms with van der Waals surface area (Å²) in [5, 5.41) is 0. The molecule has 0 bridgehead atoms. The molecule has 0 spiro atoms. The summed E-state index contributed by atoms with van der Waals surface area (Å²) in [6.07, 6.45) is -2.97. The number of rotatable bonds is 2. The van der Waals surface area contributed by atoms with Crippen LogP contribution in [0.5, 0.6) is 5.75 Å². The molecular weight excluding hydrogens is 213 g/mol. The Morgan fingerprint density at radius 3 is 2.53 bits per heavy atom. The van der Waals surface area contributed by atoms with Gasteiger partial charge in [0.15, 0.2) is 0 Å². The number of hydrogen-bond donors (Lipinski definition) is 0. The Balaban J connectivity index is 3.11. The molecule has 1 heterocycles. The highest BCUT2D eigenvalue weighted by Gasteiger charge is 2.32. The third-order valence-corrected chi connectivity index (χ3v) is 1.61. The maximum atomic E-state index is 11.9. The third kappa shape index (κ3) is 2.97. The molecule has 1 rings (SSSR count). The second-order valence-electron chi connectivity index (χ2n) is 3.11. The molecule has 0 saturated heterocycles. The van der Waals surface area contributed by atoms with E-state index in [1.54, 1.807) is 13.8 Å². The highest BCUT2D eigenvalue weighted by atomic mass is 19.4. The zero-order valence-corrected chi connectivity index (χ0v) is 8.08. The van der Waals surface area contributed by atoms with Crippen LogP contribution >= 0.6 is 0 Å². The topological polar surface area (TPSA) is 44.1 Å². The quantitative estimate of drug-likeness (QED) is 0.765. The van der Waals surface area contributed by atoms with Crippen molar-refractivity contribution in [2.24, 2.45) is 0 Å². The van der Waals surface area contributed by atoms with Gasteiger partial charge in [0.2, 0.25) is 5.75 Å². The van der Waals surface area contributed by atoms with Crippen molar-refractivity contribution in [2.75, 3.05) is 0 Å². The number of hydrogen-bond acceptors (Lipinski definition) is 3. The molecule has 0 fully saturated rings. The van der Waals surface area contributed by atoms with Crippen LogP contribution in [-0.4, -0.2) is 15.9 Å². The van der Waals surface area contributed by atoms with Crippen LogP contribution in [0.2, 0.25) is 0 Å². The summed E-state index contributed by atoms with van der Waals surface area (Å²) in [4.78, 5) is 14.9. The Labute approximate surface area is 83.3 Å². The Morgan fingerprint density at radius 1 is 1.47 bits per heavy atom. The second-order valence-corrected chi connectivity index (χ2v) is 3.11. The predicted octanol–water partition coefficient (Wildman–Crippen LogP) is 1.72. The molecule has 0 unspecified atom stereocenters. The molecule has 0 radical (unpaired) electrons. The van der Waals surface area contributed by atoms with Crippen LogP contribution in [0.25, 0.3) is 0 Å². The van der Waals surface area contributed by atoms with Crippen molar-refractivity contribution in [3.63, 3.8) is 0 Å². The minimum Gasteiger partial charge on any atom is -0.398 e. The van der Waals surface area contributed by atoms with Crippen molar-refractivity contribution in [1.82, 2.24) is 9.55 Å². The summed E-state index contributed by atoms with van der Waals surface area (Å²) in [6, 6.07) is -0.276. The molecule has 0 aliphatic rings. The molecule has 0 N–H and O–H groups in total. The Bertz CT molecular complexity index is 398. The van der Waals surface area contributed by atoms with E-state index in [4.69, 9.17) is 0 Å². The molecule has 15 heavy (non-hydrogen) atoms. The Morgan fingerprint density at radius 2 is 2.07 bits per heavy atom. The third-order valence-electron chi connectivity index (χ3n) is 1.61. The molecule has 0 saturated carbocycles. The van der Waals surface area contributed by atoms with Gasteiger partial charge < -0.3 is 4.74 Å². The monoisotopic (exact) mass is 222 g/mol. The van der Waals surface area contributed by atoms with Crippen LogP contribution in [0.1, 0.15) is 19.9 Å². The van der Waals surface area contributed by atoms with Crippen molar-refractivity contribution < 1.29 is 17.9 Å². The van der Waals surface area contributed by atoms with Crippen LogP contribution in [-0.2, 0) is 0 Å². The number of halogens is 3. The van der Waals surface area contributed by atoms with Gasteiger partial charge in [-0.1, -0.05) is 0 Å². The fraction of sp³-hybridized carbons (Fsp3) is 0.500. The lowest BCUT2D eigenvalue weighted by atomic mass is 10.4. The molecule has 1 aromatic rings. The minimum absolute atomic E-state index is 0.276. The molecule has 0 aliphatic heterocycles. The molecule has 0 aromatic carbocycles. The summed E-state index contributed by atoms with van der Waals surface area (Å²) in [6.45, 7) is 3.31. The van der Waals surface area contributed by atoms with E-state index >= 15 is 0 Å². The van der Waals surface area contributed by atoms with Gasteiger partial charge in [-0.15, -0.1) is 13.2 Å². The van der Waals surface area contributed by atoms with Crippen molar-refractivity contribution in [3.8, 4) is 5.75 Å². The van der Waals surface area contributed by atoms with Crippen LogP contribution in [0.3, 0.4) is 0 Å². The highest BCUT2D eigenvalue weighted by molar-refractivity contribution is 5.12. The maximum Gasteiger partial charge on any atom is 0.573 e. The number of nitrogens with zero attached hydrogens (tertiary/aromatic N) is 2. The standard InChI is InChI=1S/C8H9F3N2O2/c1-5(2)13-4-12-3-6(7(13)14)15-8(9,10)11/h3-5H,1-2H3. The predicted molar refractivity (Wildman–Crippen MR) is 45.6 cm³/mol. The lowest BCUT2D eigenvalue weighted by molar-refractivity contribution is -0.275. The van der Waals surface area contributed by atoms with Crippen LogP contribution < -0.4 is 10.3 Å². The molecule has 84 valence electrons. The first kappa shape index (κ1) is 11.5. The van der Waals surface area contributed by atoms with Crippen molar-refractivity contribution in [3.05, 3.63) is 22.9 Å². The van der Waals surface area contributed by atoms with Gasteiger partial charge in [-0.2, -0.15) is 0 Å². The van der Waals surface area contributed by atoms with Crippen LogP contribution in [0.4, 0.5) is 13.2 Å². The van der Waals surface area contributed by atoms with E-state index in [0.29, 0.717) is 0 Å². The maximum absolute atomic E-state index is 11.9. The summed E-state index contributed by atoms with van der Waals surface area (Å²) < 4.78 is 40.2. The van der Waals surface area contributed by atoms with Gasteiger partial charge in [-0.25, -0.2) is 4.98 Å². The molecule has 1 aromatic heterocycles. The molecular formula is C8H9F3N2O2. The first-order chi connectivity index (χ1) is 6.81. The molecule has 0 aliphatic carbocycles. The zero-order valence-electron chi connectivity index (χ0n) is 8.08. The Kier molecular flexibility index (Phi) is 3.01. The lowest BCUT2D eigenvalue weighted by Gasteiger charge is -2.12. The SMILES string of the molecule is CC(C)n1cncc(OC(F)(F)F)c1=O. The van der Waals surface area contributed by atoms with Crippen LogP contribution in [0, 0.1) is 0 Å². The zero-order chi connectivity index (χ0) is 11.6. The van der Waals surface area contributed by atoms with E-state index in [9.17, 15) is 18.0 Å². The van der Waals surface area contributed by atoms with E-state index in [-0.39, 0.29) is 6.04 Å². The average molecular weight is 222 g/mol. The van der Waals surface area contributed by atoms with Gasteiger partial charge in [-0.05, 0) is 13.8 Å². The van der Waals surface area contributed by atoms with Crippen LogP contribution in [0.15, 0.2) is 17.3 Å². The summed E-state index contributed by atoms with van der Waals surface area (Å²) >= 11 is 0. The van der Waals surface area contributed by atoms with Gasteiger partial charge in [0.25, 0.3) is 5.56 Å². The van der Waals surface area contributed by atoms with Crippen molar-refractivity contribution in [1.29, 1.82) is 0 Å². The molecule has 7 heteroatoms. The van der Waals surface area contributed by atoms with E-state index in [0.717, 1.165) is 17.1 Å². The number of alkyl halides is 3. The van der Waals surface area contributed by atoms with Gasteiger partial charge in [0.05, 0.1) is 12.5 Å². The molecule has 0 amide bonds. The first-order valence-electron chi connectivity index (χ1n) is 4.13. The second kappa shape index (κ2) is 3.92. The van der Waals surface area contributed by atoms with E-state index < -0.39 is 17.7 Å². The van der Waals surface area contributed by atoms with E-state index in [2.05, 4.69) is 9.72 Å². The fourth-order valence-electron chi connectivity index (χ4n) is 0.970. The van der Waals surface area contributed by atoms with Crippen molar-refractivity contribution in [2.45, 2.75) is 26.3 Å². The molecule has 0 atom stereocenters. The lowest BCUT2D eigenvalue weighted by Crippen LogP contribution is -2.28. The van der Waals surface area contributed by atoms with E-state index in [1.807, 2.05) is 0 Å². The minimum atomic E-state index is -4.88. The highest BCUT2D eigenvalue weighted by Crippen LogP contribution is 2.18. The number of aromatic nitrogens is 2. The summed E-state index contributed by atoms with van der Waals surface area (Å²) in [5.74, 6) is -0.821. The van der Waals surface area contributed by atoms with Gasteiger partial charge in [0, 0.05) is 6.04 Å². The van der Waals surface area contributed by atoms with Gasteiger partial charge >= 0.3 is 6.36 Å². The molecule has 4 nitrogen and oxygen atoms in total. The van der Waals surface area contributed by atoms with Gasteiger partial charge in [-0.3, -0.25) is 9.36 Å². The normalized spacial score (nSPS) is 11.9. The Hall–Kier alpha value is -1.53. The summed E-state index contributed by atoms with van der Waals surface area (Å²) in [5.41, 5.74) is -0.850. The van der Waals surface area contributed by atoms with Crippen molar-refractivity contribution >= 4 is 0 Å².